The number of imide groups is 1. The van der Waals surface area contributed by atoms with Crippen molar-refractivity contribution in [3.8, 4) is 11.3 Å². The maximum atomic E-state index is 13.2. The highest BCUT2D eigenvalue weighted by atomic mass is 16.5. The lowest BCUT2D eigenvalue weighted by Gasteiger charge is -2.19. The second-order valence-corrected chi connectivity index (χ2v) is 11.4. The molecule has 2 aliphatic carbocycles. The summed E-state index contributed by atoms with van der Waals surface area (Å²) < 4.78 is 5.44. The molecule has 7 rings (SSSR count). The van der Waals surface area contributed by atoms with E-state index in [0.717, 1.165) is 30.4 Å². The van der Waals surface area contributed by atoms with Gasteiger partial charge in [0.15, 0.2) is 12.4 Å². The highest BCUT2D eigenvalue weighted by Gasteiger charge is 2.61. The monoisotopic (exact) mass is 544 g/mol. The van der Waals surface area contributed by atoms with E-state index in [0.29, 0.717) is 45.2 Å². The van der Waals surface area contributed by atoms with Crippen LogP contribution in [0.3, 0.4) is 0 Å². The number of carbonyl (C=O) groups is 4. The van der Waals surface area contributed by atoms with Crippen molar-refractivity contribution in [2.45, 2.75) is 26.2 Å². The lowest BCUT2D eigenvalue weighted by Crippen LogP contribution is -2.32. The van der Waals surface area contributed by atoms with Gasteiger partial charge < -0.3 is 4.74 Å². The zero-order valence-corrected chi connectivity index (χ0v) is 22.6. The van der Waals surface area contributed by atoms with Gasteiger partial charge in [0, 0.05) is 16.5 Å². The number of hydrogen-bond donors (Lipinski definition) is 0. The summed E-state index contributed by atoms with van der Waals surface area (Å²) in [6.45, 7) is 1.57. The fraction of sp³-hybridized carbons (Fsp3) is 0.265. The molecule has 4 aromatic rings. The van der Waals surface area contributed by atoms with Crippen molar-refractivity contribution in [1.29, 1.82) is 0 Å². The van der Waals surface area contributed by atoms with Crippen LogP contribution in [0.5, 0.6) is 0 Å². The predicted molar refractivity (Wildman–Crippen MR) is 153 cm³/mol. The van der Waals surface area contributed by atoms with Gasteiger partial charge in [0.2, 0.25) is 11.8 Å². The third-order valence-corrected chi connectivity index (χ3v) is 8.99. The molecule has 3 aromatic carbocycles. The Hall–Kier alpha value is -4.65. The van der Waals surface area contributed by atoms with E-state index in [-0.39, 0.29) is 36.0 Å². The number of esters is 1. The summed E-state index contributed by atoms with van der Waals surface area (Å²) in [5.74, 6) is -0.727. The molecule has 1 aromatic heterocycles. The number of pyridine rings is 1. The standard InChI is InChI=1S/C34H28N2O5/c1-19-6-8-21(9-7-19)29(37)18-41-34(40)26-17-28(35-27-5-3-2-4-25(26)27)20-12-14-24(15-13-20)36-32(38)30-22-10-11-23(16-22)31(30)33(36)39/h2-9,12-15,17,22-23,30-31H,10-11,16,18H2,1H3/t22-,23-,30+,31+/m0/s1. The second-order valence-electron chi connectivity index (χ2n) is 11.4. The van der Waals surface area contributed by atoms with E-state index in [1.54, 1.807) is 36.4 Å². The molecule has 2 heterocycles. The summed E-state index contributed by atoms with van der Waals surface area (Å²) in [4.78, 5) is 58.4. The fourth-order valence-corrected chi connectivity index (χ4v) is 6.97. The molecule has 0 radical (unpaired) electrons. The molecule has 3 fully saturated rings. The molecule has 204 valence electrons. The van der Waals surface area contributed by atoms with Crippen LogP contribution in [0.25, 0.3) is 22.2 Å². The van der Waals surface area contributed by atoms with Crippen molar-refractivity contribution < 1.29 is 23.9 Å². The molecular weight excluding hydrogens is 516 g/mol. The minimum Gasteiger partial charge on any atom is -0.454 e. The molecular formula is C34H28N2O5. The Labute approximate surface area is 237 Å². The van der Waals surface area contributed by atoms with E-state index in [2.05, 4.69) is 0 Å². The highest BCUT2D eigenvalue weighted by Crippen LogP contribution is 2.56. The number of ketones is 1. The van der Waals surface area contributed by atoms with E-state index >= 15 is 0 Å². The van der Waals surface area contributed by atoms with Gasteiger partial charge in [-0.15, -0.1) is 0 Å². The smallest absolute Gasteiger partial charge is 0.339 e. The van der Waals surface area contributed by atoms with Crippen molar-refractivity contribution in [2.75, 3.05) is 11.5 Å². The third-order valence-electron chi connectivity index (χ3n) is 8.99. The Morgan fingerprint density at radius 2 is 1.54 bits per heavy atom. The Kier molecular flexibility index (Phi) is 6.03. The number of carbonyl (C=O) groups excluding carboxylic acids is 4. The van der Waals surface area contributed by atoms with Crippen LogP contribution < -0.4 is 4.90 Å². The van der Waals surface area contributed by atoms with Crippen molar-refractivity contribution in [2.24, 2.45) is 23.7 Å². The number of hydrogen-bond acceptors (Lipinski definition) is 6. The van der Waals surface area contributed by atoms with E-state index in [4.69, 9.17) is 9.72 Å². The Bertz CT molecular complexity index is 1700. The summed E-state index contributed by atoms with van der Waals surface area (Å²) in [5, 5.41) is 0.620. The summed E-state index contributed by atoms with van der Waals surface area (Å²) in [5.41, 5.74) is 4.27. The number of amides is 2. The zero-order chi connectivity index (χ0) is 28.2. The van der Waals surface area contributed by atoms with Crippen LogP contribution in [-0.2, 0) is 14.3 Å². The van der Waals surface area contributed by atoms with Gasteiger partial charge in [0.05, 0.1) is 34.3 Å². The SMILES string of the molecule is Cc1ccc(C(=O)COC(=O)c2cc(-c3ccc(N4C(=O)[C@@H]5[C@H]6CC[C@@H](C6)[C@H]5C4=O)cc3)nc3ccccc23)cc1. The molecule has 0 spiro atoms. The average Bonchev–Trinajstić information content (AvgIpc) is 3.69. The molecule has 2 saturated carbocycles. The van der Waals surface area contributed by atoms with Crippen LogP contribution in [0, 0.1) is 30.6 Å². The lowest BCUT2D eigenvalue weighted by atomic mass is 9.81. The summed E-state index contributed by atoms with van der Waals surface area (Å²) >= 11 is 0. The van der Waals surface area contributed by atoms with Crippen molar-refractivity contribution in [3.63, 3.8) is 0 Å². The second kappa shape index (κ2) is 9.77. The minimum absolute atomic E-state index is 0.0750. The largest absolute Gasteiger partial charge is 0.454 e. The van der Waals surface area contributed by atoms with Gasteiger partial charge in [-0.05, 0) is 62.3 Å². The molecule has 7 heteroatoms. The van der Waals surface area contributed by atoms with Crippen LogP contribution in [0.15, 0.2) is 78.9 Å². The van der Waals surface area contributed by atoms with Crippen LogP contribution in [0.4, 0.5) is 5.69 Å². The van der Waals surface area contributed by atoms with Gasteiger partial charge in [-0.1, -0.05) is 60.2 Å². The number of nitrogens with zero attached hydrogens (tertiary/aromatic N) is 2. The predicted octanol–water partition coefficient (Wildman–Crippen LogP) is 5.79. The van der Waals surface area contributed by atoms with E-state index in [9.17, 15) is 19.2 Å². The maximum Gasteiger partial charge on any atom is 0.339 e. The number of rotatable bonds is 6. The number of anilines is 1. The molecule has 2 amide bonds. The first-order valence-corrected chi connectivity index (χ1v) is 14.0. The minimum atomic E-state index is -0.614. The molecule has 3 aliphatic rings. The molecule has 2 bridgehead atoms. The van der Waals surface area contributed by atoms with Gasteiger partial charge in [-0.3, -0.25) is 19.3 Å². The number of para-hydroxylation sites is 1. The van der Waals surface area contributed by atoms with Crippen LogP contribution in [0.2, 0.25) is 0 Å². The van der Waals surface area contributed by atoms with Gasteiger partial charge >= 0.3 is 5.97 Å². The van der Waals surface area contributed by atoms with Crippen LogP contribution in [-0.4, -0.2) is 35.2 Å². The molecule has 0 N–H and O–H groups in total. The maximum absolute atomic E-state index is 13.2. The first-order chi connectivity index (χ1) is 19.9. The quantitative estimate of drug-likeness (QED) is 0.173. The molecule has 4 atom stereocenters. The Morgan fingerprint density at radius 1 is 0.878 bits per heavy atom. The number of fused-ring (bicyclic) bond motifs is 6. The van der Waals surface area contributed by atoms with Crippen molar-refractivity contribution in [1.82, 2.24) is 4.98 Å². The molecule has 7 nitrogen and oxygen atoms in total. The van der Waals surface area contributed by atoms with Gasteiger partial charge in [0.1, 0.15) is 0 Å². The topological polar surface area (TPSA) is 93.6 Å². The number of ether oxygens (including phenoxy) is 1. The number of Topliss-reactive ketones (excluding diaryl/α,β-unsaturated/α-hetero) is 1. The van der Waals surface area contributed by atoms with Gasteiger partial charge in [0.25, 0.3) is 0 Å². The summed E-state index contributed by atoms with van der Waals surface area (Å²) in [6.07, 6.45) is 3.07. The highest BCUT2D eigenvalue weighted by molar-refractivity contribution is 6.22. The fourth-order valence-electron chi connectivity index (χ4n) is 6.97. The normalized spacial score (nSPS) is 22.8. The first-order valence-electron chi connectivity index (χ1n) is 14.0. The Morgan fingerprint density at radius 3 is 2.22 bits per heavy atom. The van der Waals surface area contributed by atoms with E-state index < -0.39 is 5.97 Å². The van der Waals surface area contributed by atoms with Crippen molar-refractivity contribution in [3.05, 3.63) is 95.6 Å². The van der Waals surface area contributed by atoms with Crippen molar-refractivity contribution >= 4 is 40.2 Å². The number of aryl methyl sites for hydroxylation is 1. The molecule has 1 aliphatic heterocycles. The van der Waals surface area contributed by atoms with Gasteiger partial charge in [-0.25, -0.2) is 9.78 Å². The average molecular weight is 545 g/mol. The van der Waals surface area contributed by atoms with Crippen LogP contribution >= 0.6 is 0 Å². The summed E-state index contributed by atoms with van der Waals surface area (Å²) in [7, 11) is 0. The molecule has 1 saturated heterocycles. The number of benzene rings is 3. The summed E-state index contributed by atoms with van der Waals surface area (Å²) in [6, 6.07) is 23.2. The number of aromatic nitrogens is 1. The van der Waals surface area contributed by atoms with E-state index in [1.165, 1.54) is 4.90 Å². The van der Waals surface area contributed by atoms with Crippen LogP contribution in [0.1, 0.15) is 45.5 Å². The third kappa shape index (κ3) is 4.24. The van der Waals surface area contributed by atoms with E-state index in [1.807, 2.05) is 49.4 Å². The molecule has 0 unspecified atom stereocenters. The Balaban J connectivity index is 1.14. The lowest BCUT2D eigenvalue weighted by molar-refractivity contribution is -0.123. The zero-order valence-electron chi connectivity index (χ0n) is 22.6. The van der Waals surface area contributed by atoms with Gasteiger partial charge in [-0.2, -0.15) is 0 Å². The first kappa shape index (κ1) is 25.3. The molecule has 41 heavy (non-hydrogen) atoms.